The van der Waals surface area contributed by atoms with E-state index in [1.54, 1.807) is 6.92 Å². The first-order valence-corrected chi connectivity index (χ1v) is 16.3. The largest absolute Gasteiger partial charge is 0.486 e. The quantitative estimate of drug-likeness (QED) is 0.171. The third kappa shape index (κ3) is 7.48. The molecule has 4 aromatic rings. The van der Waals surface area contributed by atoms with Crippen LogP contribution < -0.4 is 26.2 Å². The van der Waals surface area contributed by atoms with E-state index >= 15 is 4.39 Å². The fraction of sp³-hybridized carbons (Fsp3) is 0.314. The van der Waals surface area contributed by atoms with E-state index in [1.165, 1.54) is 29.9 Å². The lowest BCUT2D eigenvalue weighted by atomic mass is 10.0. The van der Waals surface area contributed by atoms with Gasteiger partial charge in [0.1, 0.15) is 28.9 Å². The Morgan fingerprint density at radius 2 is 1.83 bits per heavy atom. The Hall–Kier alpha value is -4.71. The van der Waals surface area contributed by atoms with Crippen molar-refractivity contribution >= 4 is 33.7 Å². The predicted octanol–water partition coefficient (Wildman–Crippen LogP) is 5.78. The molecule has 2 saturated carbocycles. The number of amides is 2. The number of aromatic nitrogens is 2. The smallest absolute Gasteiger partial charge is 0.406 e. The van der Waals surface area contributed by atoms with Crippen LogP contribution in [0, 0.1) is 12.7 Å². The van der Waals surface area contributed by atoms with Gasteiger partial charge in [-0.2, -0.15) is 0 Å². The first-order valence-electron chi connectivity index (χ1n) is 15.5. The summed E-state index contributed by atoms with van der Waals surface area (Å²) in [5.41, 5.74) is 1.30. The molecule has 0 aliphatic heterocycles. The number of carbonyl (C=O) groups excluding carboxylic acids is 2. The first-order chi connectivity index (χ1) is 22.7. The van der Waals surface area contributed by atoms with Crippen LogP contribution in [0.2, 0.25) is 0 Å². The van der Waals surface area contributed by atoms with Crippen molar-refractivity contribution in [3.63, 3.8) is 0 Å². The third-order valence-electron chi connectivity index (χ3n) is 8.34. The molecule has 0 spiro atoms. The van der Waals surface area contributed by atoms with Crippen LogP contribution in [0.1, 0.15) is 52.7 Å². The van der Waals surface area contributed by atoms with Gasteiger partial charge in [0.25, 0.3) is 11.5 Å². The topological polar surface area (TPSA) is 124 Å². The van der Waals surface area contributed by atoms with Crippen molar-refractivity contribution in [3.05, 3.63) is 116 Å². The summed E-state index contributed by atoms with van der Waals surface area (Å²) < 4.78 is 28.6. The number of nitrogens with one attached hydrogen (secondary N) is 3. The maximum absolute atomic E-state index is 15.1. The first kappa shape index (κ1) is 32.2. The Labute approximate surface area is 279 Å². The van der Waals surface area contributed by atoms with Gasteiger partial charge in [0.2, 0.25) is 0 Å². The molecule has 1 atom stereocenters. The fourth-order valence-electron chi connectivity index (χ4n) is 5.48. The van der Waals surface area contributed by atoms with Gasteiger partial charge < -0.3 is 25.4 Å². The van der Waals surface area contributed by atoms with E-state index in [0.717, 1.165) is 24.0 Å². The lowest BCUT2D eigenvalue weighted by Gasteiger charge is -2.25. The van der Waals surface area contributed by atoms with Gasteiger partial charge in [0.15, 0.2) is 5.82 Å². The van der Waals surface area contributed by atoms with E-state index in [0.29, 0.717) is 29.6 Å². The summed E-state index contributed by atoms with van der Waals surface area (Å²) >= 11 is 3.42. The number of benzene rings is 3. The molecule has 1 heterocycles. The number of hydrogen-bond acceptors (Lipinski definition) is 7. The standard InChI is InChI=1S/C35H35BrFN5O5/c1-21-27(37)17-23(32(43)39-24-12-13-24)18-28(21)42-19-30(36)40-31(33(42)44)41-35(14-15-35)26-10-6-7-11-29(26)47-25(20-46-34(45)38-2)16-22-8-4-3-5-9-22/h3-11,17-19,24-25H,12-16,20H2,1-2H3,(H,38,45)(H,39,43)(H,40,41). The van der Waals surface area contributed by atoms with Gasteiger partial charge in [-0.1, -0.05) is 48.5 Å². The molecule has 244 valence electrons. The maximum atomic E-state index is 15.1. The van der Waals surface area contributed by atoms with E-state index < -0.39 is 29.1 Å². The van der Waals surface area contributed by atoms with Crippen molar-refractivity contribution < 1.29 is 23.5 Å². The highest BCUT2D eigenvalue weighted by Gasteiger charge is 2.47. The minimum atomic E-state index is -0.660. The molecule has 0 bridgehead atoms. The van der Waals surface area contributed by atoms with Crippen LogP contribution in [0.15, 0.2) is 82.3 Å². The molecule has 2 fully saturated rings. The van der Waals surface area contributed by atoms with Crippen LogP contribution in [0.25, 0.3) is 5.69 Å². The minimum Gasteiger partial charge on any atom is -0.486 e. The zero-order chi connectivity index (χ0) is 33.1. The molecule has 0 saturated heterocycles. The fourth-order valence-corrected chi connectivity index (χ4v) is 5.86. The number of anilines is 1. The van der Waals surface area contributed by atoms with E-state index in [1.807, 2.05) is 54.6 Å². The van der Waals surface area contributed by atoms with Crippen LogP contribution in [-0.4, -0.2) is 47.4 Å². The Morgan fingerprint density at radius 1 is 1.11 bits per heavy atom. The van der Waals surface area contributed by atoms with Crippen LogP contribution >= 0.6 is 15.9 Å². The summed E-state index contributed by atoms with van der Waals surface area (Å²) in [6.07, 6.45) is 4.11. The number of nitrogens with zero attached hydrogens (tertiary/aromatic N) is 2. The summed E-state index contributed by atoms with van der Waals surface area (Å²) in [4.78, 5) is 43.1. The van der Waals surface area contributed by atoms with Crippen molar-refractivity contribution in [2.24, 2.45) is 0 Å². The van der Waals surface area contributed by atoms with Crippen molar-refractivity contribution in [2.75, 3.05) is 19.0 Å². The number of rotatable bonds is 12. The van der Waals surface area contributed by atoms with Gasteiger partial charge >= 0.3 is 6.09 Å². The van der Waals surface area contributed by atoms with Crippen molar-refractivity contribution in [3.8, 4) is 11.4 Å². The van der Waals surface area contributed by atoms with E-state index in [4.69, 9.17) is 9.47 Å². The van der Waals surface area contributed by atoms with Crippen molar-refractivity contribution in [2.45, 2.75) is 56.7 Å². The SMILES string of the molecule is CNC(=O)OCC(Cc1ccccc1)Oc1ccccc1C1(Nc2nc(Br)cn(-c3cc(C(=O)NC4CC4)cc(F)c3C)c2=O)CC1. The van der Waals surface area contributed by atoms with Crippen molar-refractivity contribution in [1.29, 1.82) is 0 Å². The Balaban J connectivity index is 1.30. The Kier molecular flexibility index (Phi) is 9.31. The lowest BCUT2D eigenvalue weighted by Crippen LogP contribution is -2.32. The van der Waals surface area contributed by atoms with Crippen LogP contribution in [0.5, 0.6) is 5.75 Å². The molecule has 1 aromatic heterocycles. The molecule has 2 aliphatic carbocycles. The highest BCUT2D eigenvalue weighted by atomic mass is 79.9. The third-order valence-corrected chi connectivity index (χ3v) is 8.72. The predicted molar refractivity (Wildman–Crippen MR) is 179 cm³/mol. The van der Waals surface area contributed by atoms with Crippen molar-refractivity contribution in [1.82, 2.24) is 20.2 Å². The van der Waals surface area contributed by atoms with Gasteiger partial charge in [-0.25, -0.2) is 14.2 Å². The molecular weight excluding hydrogens is 669 g/mol. The molecule has 2 amide bonds. The Morgan fingerprint density at radius 3 is 2.53 bits per heavy atom. The Bertz CT molecular complexity index is 1860. The molecule has 2 aliphatic rings. The van der Waals surface area contributed by atoms with E-state index in [2.05, 4.69) is 36.9 Å². The zero-order valence-electron chi connectivity index (χ0n) is 26.0. The van der Waals surface area contributed by atoms with Gasteiger partial charge in [0, 0.05) is 42.4 Å². The molecule has 1 unspecified atom stereocenters. The van der Waals surface area contributed by atoms with Crippen LogP contribution in [0.3, 0.4) is 0 Å². The monoisotopic (exact) mass is 703 g/mol. The summed E-state index contributed by atoms with van der Waals surface area (Å²) in [5.74, 6) is -0.329. The molecule has 3 N–H and O–H groups in total. The van der Waals surface area contributed by atoms with Gasteiger partial charge in [-0.3, -0.25) is 14.2 Å². The minimum absolute atomic E-state index is 0.0227. The maximum Gasteiger partial charge on any atom is 0.406 e. The molecular formula is C35H35BrFN5O5. The molecule has 10 nitrogen and oxygen atoms in total. The number of alkyl carbamates (subject to hydrolysis) is 1. The van der Waals surface area contributed by atoms with Gasteiger partial charge in [-0.15, -0.1) is 0 Å². The van der Waals surface area contributed by atoms with Crippen LogP contribution in [0.4, 0.5) is 15.0 Å². The lowest BCUT2D eigenvalue weighted by molar-refractivity contribution is 0.0823. The van der Waals surface area contributed by atoms with E-state index in [-0.39, 0.29) is 41.2 Å². The normalized spacial score (nSPS) is 15.3. The van der Waals surface area contributed by atoms with Gasteiger partial charge in [-0.05, 0) is 72.3 Å². The van der Waals surface area contributed by atoms with Gasteiger partial charge in [0.05, 0.1) is 11.2 Å². The summed E-state index contributed by atoms with van der Waals surface area (Å²) in [7, 11) is 1.50. The molecule has 6 rings (SSSR count). The van der Waals surface area contributed by atoms with Crippen LogP contribution in [-0.2, 0) is 16.7 Å². The number of carbonyl (C=O) groups is 2. The zero-order valence-corrected chi connectivity index (χ0v) is 27.6. The second kappa shape index (κ2) is 13.6. The summed E-state index contributed by atoms with van der Waals surface area (Å²) in [6.45, 7) is 1.59. The summed E-state index contributed by atoms with van der Waals surface area (Å²) in [6, 6.07) is 20.2. The molecule has 12 heteroatoms. The van der Waals surface area contributed by atoms with E-state index in [9.17, 15) is 14.4 Å². The second-order valence-electron chi connectivity index (χ2n) is 11.9. The highest BCUT2D eigenvalue weighted by Crippen LogP contribution is 2.51. The number of hydrogen-bond donors (Lipinski definition) is 3. The second-order valence-corrected chi connectivity index (χ2v) is 12.7. The molecule has 0 radical (unpaired) electrons. The average Bonchev–Trinajstić information content (AvgIpc) is 4.01. The number of halogens is 2. The highest BCUT2D eigenvalue weighted by molar-refractivity contribution is 9.10. The molecule has 47 heavy (non-hydrogen) atoms. The number of ether oxygens (including phenoxy) is 2. The average molecular weight is 705 g/mol. The number of para-hydroxylation sites is 1. The summed E-state index contributed by atoms with van der Waals surface area (Å²) in [5, 5.41) is 8.71. The molecule has 3 aromatic carbocycles.